The molecule has 5 nitrogen and oxygen atoms in total. The Hall–Kier alpha value is -1.10. The fraction of sp³-hybridized carbons (Fsp3) is 0.875. The van der Waals surface area contributed by atoms with E-state index in [0.717, 1.165) is 6.42 Å². The number of carbonyl (C=O) groups excluding carboxylic acids is 2. The zero-order valence-corrected chi connectivity index (χ0v) is 14.4. The van der Waals surface area contributed by atoms with Gasteiger partial charge in [0, 0.05) is 25.6 Å². The summed E-state index contributed by atoms with van der Waals surface area (Å²) in [5.41, 5.74) is 6.18. The fourth-order valence-corrected chi connectivity index (χ4v) is 2.30. The molecule has 0 spiro atoms. The van der Waals surface area contributed by atoms with Gasteiger partial charge in [-0.2, -0.15) is 0 Å². The number of amides is 1. The maximum Gasteiger partial charge on any atom is 0.307 e. The second-order valence-corrected chi connectivity index (χ2v) is 7.29. The molecule has 0 radical (unpaired) electrons. The Balaban J connectivity index is 4.53. The third-order valence-electron chi connectivity index (χ3n) is 3.06. The smallest absolute Gasteiger partial charge is 0.307 e. The predicted octanol–water partition coefficient (Wildman–Crippen LogP) is 2.19. The summed E-state index contributed by atoms with van der Waals surface area (Å²) in [6, 6.07) is -0.148. The first-order valence-electron chi connectivity index (χ1n) is 7.65. The Kier molecular flexibility index (Phi) is 8.55. The largest absolute Gasteiger partial charge is 0.469 e. The van der Waals surface area contributed by atoms with Crippen LogP contribution in [0.15, 0.2) is 0 Å². The summed E-state index contributed by atoms with van der Waals surface area (Å²) in [6.45, 7) is 11.5. The minimum Gasteiger partial charge on any atom is -0.469 e. The third kappa shape index (κ3) is 10.3. The van der Waals surface area contributed by atoms with Crippen LogP contribution in [0.5, 0.6) is 0 Å². The van der Waals surface area contributed by atoms with E-state index in [0.29, 0.717) is 25.4 Å². The minimum atomic E-state index is -0.296. The number of hydrogen-bond donors (Lipinski definition) is 1. The van der Waals surface area contributed by atoms with E-state index < -0.39 is 0 Å². The molecular formula is C16H32N2O3. The number of nitrogens with zero attached hydrogens (tertiary/aromatic N) is 1. The molecule has 0 aliphatic rings. The molecule has 1 atom stereocenters. The molecule has 5 heteroatoms. The number of methoxy groups -OCH3 is 1. The number of ether oxygens (including phenoxy) is 1. The van der Waals surface area contributed by atoms with Gasteiger partial charge >= 0.3 is 5.97 Å². The average molecular weight is 300 g/mol. The van der Waals surface area contributed by atoms with Crippen molar-refractivity contribution in [2.75, 3.05) is 20.2 Å². The number of carbonyl (C=O) groups is 2. The second-order valence-electron chi connectivity index (χ2n) is 7.29. The van der Waals surface area contributed by atoms with Crippen LogP contribution in [0, 0.1) is 11.3 Å². The van der Waals surface area contributed by atoms with Crippen LogP contribution in [0.3, 0.4) is 0 Å². The van der Waals surface area contributed by atoms with Crippen LogP contribution in [-0.2, 0) is 14.3 Å². The molecule has 0 fully saturated rings. The quantitative estimate of drug-likeness (QED) is 0.697. The minimum absolute atomic E-state index is 0.0179. The number of hydrogen-bond acceptors (Lipinski definition) is 4. The highest BCUT2D eigenvalue weighted by molar-refractivity contribution is 5.77. The first kappa shape index (κ1) is 19.9. The SMILES string of the molecule is COC(=O)CCN(CC(C)C)C(=O)CC(N)CC(C)(C)C. The van der Waals surface area contributed by atoms with Gasteiger partial charge in [0.05, 0.1) is 13.5 Å². The highest BCUT2D eigenvalue weighted by atomic mass is 16.5. The lowest BCUT2D eigenvalue weighted by Gasteiger charge is -2.28. The van der Waals surface area contributed by atoms with E-state index in [9.17, 15) is 9.59 Å². The third-order valence-corrected chi connectivity index (χ3v) is 3.06. The summed E-state index contributed by atoms with van der Waals surface area (Å²) < 4.78 is 4.63. The Morgan fingerprint density at radius 3 is 2.24 bits per heavy atom. The van der Waals surface area contributed by atoms with Gasteiger partial charge in [0.1, 0.15) is 0 Å². The molecule has 21 heavy (non-hydrogen) atoms. The lowest BCUT2D eigenvalue weighted by atomic mass is 9.87. The maximum absolute atomic E-state index is 12.4. The lowest BCUT2D eigenvalue weighted by molar-refractivity contribution is -0.142. The zero-order valence-electron chi connectivity index (χ0n) is 14.4. The Morgan fingerprint density at radius 1 is 1.24 bits per heavy atom. The van der Waals surface area contributed by atoms with Gasteiger partial charge in [-0.15, -0.1) is 0 Å². The fourth-order valence-electron chi connectivity index (χ4n) is 2.30. The van der Waals surface area contributed by atoms with Crippen LogP contribution in [0.25, 0.3) is 0 Å². The summed E-state index contributed by atoms with van der Waals surface area (Å²) in [5, 5.41) is 0. The molecule has 0 saturated carbocycles. The van der Waals surface area contributed by atoms with Gasteiger partial charge < -0.3 is 15.4 Å². The second kappa shape index (κ2) is 9.03. The van der Waals surface area contributed by atoms with Crippen LogP contribution in [0.2, 0.25) is 0 Å². The topological polar surface area (TPSA) is 72.6 Å². The van der Waals surface area contributed by atoms with Gasteiger partial charge in [0.15, 0.2) is 0 Å². The summed E-state index contributed by atoms with van der Waals surface area (Å²) >= 11 is 0. The predicted molar refractivity (Wildman–Crippen MR) is 84.7 cm³/mol. The molecule has 0 rings (SSSR count). The van der Waals surface area contributed by atoms with E-state index >= 15 is 0 Å². The molecule has 0 aliphatic heterocycles. The average Bonchev–Trinajstić information content (AvgIpc) is 2.30. The van der Waals surface area contributed by atoms with Gasteiger partial charge in [-0.3, -0.25) is 9.59 Å². The molecule has 0 heterocycles. The van der Waals surface area contributed by atoms with Gasteiger partial charge in [-0.1, -0.05) is 34.6 Å². The normalized spacial score (nSPS) is 13.1. The van der Waals surface area contributed by atoms with Crippen molar-refractivity contribution in [2.24, 2.45) is 17.1 Å². The van der Waals surface area contributed by atoms with E-state index in [2.05, 4.69) is 25.5 Å². The van der Waals surface area contributed by atoms with Crippen molar-refractivity contribution in [3.05, 3.63) is 0 Å². The van der Waals surface area contributed by atoms with E-state index in [-0.39, 0.29) is 29.8 Å². The van der Waals surface area contributed by atoms with Gasteiger partial charge in [0.25, 0.3) is 0 Å². The molecule has 0 aliphatic carbocycles. The molecular weight excluding hydrogens is 268 g/mol. The van der Waals surface area contributed by atoms with Gasteiger partial charge in [-0.05, 0) is 17.8 Å². The molecule has 0 bridgehead atoms. The monoisotopic (exact) mass is 300 g/mol. The summed E-state index contributed by atoms with van der Waals surface area (Å²) in [6.07, 6.45) is 1.35. The summed E-state index contributed by atoms with van der Waals surface area (Å²) in [7, 11) is 1.36. The highest BCUT2D eigenvalue weighted by Gasteiger charge is 2.22. The van der Waals surface area contributed by atoms with Crippen LogP contribution in [-0.4, -0.2) is 43.0 Å². The molecule has 124 valence electrons. The van der Waals surface area contributed by atoms with Crippen LogP contribution in [0.1, 0.15) is 53.9 Å². The van der Waals surface area contributed by atoms with E-state index in [1.54, 1.807) is 4.90 Å². The van der Waals surface area contributed by atoms with Gasteiger partial charge in [-0.25, -0.2) is 0 Å². The van der Waals surface area contributed by atoms with Crippen LogP contribution in [0.4, 0.5) is 0 Å². The Bertz CT molecular complexity index is 335. The molecule has 1 unspecified atom stereocenters. The Morgan fingerprint density at radius 2 is 1.81 bits per heavy atom. The molecule has 0 saturated heterocycles. The maximum atomic E-state index is 12.4. The van der Waals surface area contributed by atoms with Crippen molar-refractivity contribution in [1.29, 1.82) is 0 Å². The first-order chi connectivity index (χ1) is 9.55. The first-order valence-corrected chi connectivity index (χ1v) is 7.65. The van der Waals surface area contributed by atoms with E-state index in [1.807, 2.05) is 13.8 Å². The number of rotatable bonds is 8. The molecule has 2 N–H and O–H groups in total. The summed E-state index contributed by atoms with van der Waals surface area (Å²) in [5.74, 6) is 0.0744. The van der Waals surface area contributed by atoms with Crippen LogP contribution >= 0.6 is 0 Å². The van der Waals surface area contributed by atoms with Crippen molar-refractivity contribution >= 4 is 11.9 Å². The van der Waals surface area contributed by atoms with Crippen molar-refractivity contribution in [1.82, 2.24) is 4.90 Å². The van der Waals surface area contributed by atoms with Crippen molar-refractivity contribution in [3.8, 4) is 0 Å². The van der Waals surface area contributed by atoms with Gasteiger partial charge in [0.2, 0.25) is 5.91 Å². The highest BCUT2D eigenvalue weighted by Crippen LogP contribution is 2.21. The van der Waals surface area contributed by atoms with Crippen molar-refractivity contribution in [3.63, 3.8) is 0 Å². The van der Waals surface area contributed by atoms with Crippen LogP contribution < -0.4 is 5.73 Å². The molecule has 0 aromatic carbocycles. The molecule has 1 amide bonds. The standard InChI is InChI=1S/C16H32N2O3/c1-12(2)11-18(8-7-15(20)21-6)14(19)9-13(17)10-16(3,4)5/h12-13H,7-11,17H2,1-6H3. The molecule has 0 aromatic heterocycles. The van der Waals surface area contributed by atoms with Crippen molar-refractivity contribution < 1.29 is 14.3 Å². The van der Waals surface area contributed by atoms with E-state index in [4.69, 9.17) is 5.73 Å². The van der Waals surface area contributed by atoms with Crippen molar-refractivity contribution in [2.45, 2.75) is 59.9 Å². The van der Waals surface area contributed by atoms with E-state index in [1.165, 1.54) is 7.11 Å². The number of nitrogens with two attached hydrogens (primary N) is 1. The summed E-state index contributed by atoms with van der Waals surface area (Å²) in [4.78, 5) is 25.3. The Labute approximate surface area is 129 Å². The zero-order chi connectivity index (χ0) is 16.6. The number of esters is 1. The lowest BCUT2D eigenvalue weighted by Crippen LogP contribution is -2.40. The molecule has 0 aromatic rings.